The van der Waals surface area contributed by atoms with Crippen molar-refractivity contribution >= 4 is 11.6 Å². The molecule has 5 nitrogen and oxygen atoms in total. The Morgan fingerprint density at radius 3 is 2.54 bits per heavy atom. The molecule has 26 heavy (non-hydrogen) atoms. The van der Waals surface area contributed by atoms with Gasteiger partial charge in [-0.15, -0.1) is 0 Å². The predicted octanol–water partition coefficient (Wildman–Crippen LogP) is 3.39. The van der Waals surface area contributed by atoms with Gasteiger partial charge in [-0.05, 0) is 74.2 Å². The highest BCUT2D eigenvalue weighted by molar-refractivity contribution is 6.04. The average Bonchev–Trinajstić information content (AvgIpc) is 2.69. The third-order valence-electron chi connectivity index (χ3n) is 4.47. The molecular formula is C21H26N2O3. The van der Waals surface area contributed by atoms with E-state index in [1.807, 2.05) is 48.5 Å². The number of hydrogen-bond donors (Lipinski definition) is 2. The molecule has 0 aliphatic carbocycles. The first-order valence-electron chi connectivity index (χ1n) is 9.19. The molecule has 1 unspecified atom stereocenters. The Bertz CT molecular complexity index is 692. The van der Waals surface area contributed by atoms with Crippen molar-refractivity contribution in [2.45, 2.75) is 31.8 Å². The molecule has 0 spiro atoms. The Morgan fingerprint density at radius 2 is 1.88 bits per heavy atom. The van der Waals surface area contributed by atoms with E-state index in [-0.39, 0.29) is 12.0 Å². The number of benzene rings is 2. The predicted molar refractivity (Wildman–Crippen MR) is 103 cm³/mol. The second kappa shape index (κ2) is 9.36. The fourth-order valence-corrected chi connectivity index (χ4v) is 2.96. The molecular weight excluding hydrogens is 328 g/mol. The number of nitrogens with one attached hydrogen (secondary N) is 1. The fourth-order valence-electron chi connectivity index (χ4n) is 2.96. The second-order valence-corrected chi connectivity index (χ2v) is 6.51. The quantitative estimate of drug-likeness (QED) is 0.799. The van der Waals surface area contributed by atoms with E-state index in [2.05, 4.69) is 5.32 Å². The first-order valence-corrected chi connectivity index (χ1v) is 9.19. The van der Waals surface area contributed by atoms with Gasteiger partial charge in [0.1, 0.15) is 12.4 Å². The minimum Gasteiger partial charge on any atom is -0.491 e. The van der Waals surface area contributed by atoms with Gasteiger partial charge < -0.3 is 20.5 Å². The largest absolute Gasteiger partial charge is 0.491 e. The van der Waals surface area contributed by atoms with Crippen molar-refractivity contribution in [2.24, 2.45) is 5.73 Å². The molecule has 1 atom stereocenters. The summed E-state index contributed by atoms with van der Waals surface area (Å²) < 4.78 is 11.4. The van der Waals surface area contributed by atoms with E-state index in [0.717, 1.165) is 42.9 Å². The van der Waals surface area contributed by atoms with Crippen molar-refractivity contribution in [2.75, 3.05) is 25.1 Å². The van der Waals surface area contributed by atoms with Gasteiger partial charge in [0.2, 0.25) is 0 Å². The highest BCUT2D eigenvalue weighted by Gasteiger charge is 2.14. The summed E-state index contributed by atoms with van der Waals surface area (Å²) in [6.07, 6.45) is 4.39. The number of anilines is 1. The average molecular weight is 354 g/mol. The number of carbonyl (C=O) groups is 1. The number of hydrogen-bond acceptors (Lipinski definition) is 4. The number of nitrogens with two attached hydrogens (primary N) is 1. The highest BCUT2D eigenvalue weighted by Crippen LogP contribution is 2.19. The van der Waals surface area contributed by atoms with E-state index < -0.39 is 0 Å². The van der Waals surface area contributed by atoms with E-state index in [1.54, 1.807) is 0 Å². The van der Waals surface area contributed by atoms with E-state index >= 15 is 0 Å². The van der Waals surface area contributed by atoms with Gasteiger partial charge in [-0.2, -0.15) is 0 Å². The maximum atomic E-state index is 12.3. The maximum Gasteiger partial charge on any atom is 0.255 e. The van der Waals surface area contributed by atoms with Gasteiger partial charge >= 0.3 is 0 Å². The summed E-state index contributed by atoms with van der Waals surface area (Å²) in [5.74, 6) is 0.650. The van der Waals surface area contributed by atoms with Crippen molar-refractivity contribution in [3.05, 3.63) is 59.7 Å². The molecule has 2 aromatic rings. The molecule has 0 bridgehead atoms. The lowest BCUT2D eigenvalue weighted by Gasteiger charge is -2.22. The molecule has 1 heterocycles. The van der Waals surface area contributed by atoms with Gasteiger partial charge in [0, 0.05) is 17.9 Å². The number of amides is 1. The van der Waals surface area contributed by atoms with Crippen molar-refractivity contribution in [1.82, 2.24) is 0 Å². The Labute approximate surface area is 154 Å². The molecule has 138 valence electrons. The zero-order valence-electron chi connectivity index (χ0n) is 14.9. The topological polar surface area (TPSA) is 73.6 Å². The summed E-state index contributed by atoms with van der Waals surface area (Å²) >= 11 is 0. The monoisotopic (exact) mass is 354 g/mol. The van der Waals surface area contributed by atoms with Crippen LogP contribution in [0.25, 0.3) is 0 Å². The van der Waals surface area contributed by atoms with Crippen LogP contribution in [0.4, 0.5) is 5.69 Å². The molecule has 0 radical (unpaired) electrons. The number of ether oxygens (including phenoxy) is 2. The smallest absolute Gasteiger partial charge is 0.255 e. The summed E-state index contributed by atoms with van der Waals surface area (Å²) in [6.45, 7) is 2.00. The fraction of sp³-hybridized carbons (Fsp3) is 0.381. The van der Waals surface area contributed by atoms with Crippen LogP contribution in [0.2, 0.25) is 0 Å². The van der Waals surface area contributed by atoms with Crippen LogP contribution in [0.1, 0.15) is 35.2 Å². The summed E-state index contributed by atoms with van der Waals surface area (Å²) in [6, 6.07) is 14.9. The minimum absolute atomic E-state index is 0.131. The van der Waals surface area contributed by atoms with E-state index in [0.29, 0.717) is 18.7 Å². The Morgan fingerprint density at radius 1 is 1.12 bits per heavy atom. The molecule has 0 aromatic heterocycles. The minimum atomic E-state index is -0.131. The van der Waals surface area contributed by atoms with Crippen LogP contribution in [0.5, 0.6) is 5.75 Å². The Kier molecular flexibility index (Phi) is 6.63. The van der Waals surface area contributed by atoms with E-state index in [9.17, 15) is 4.79 Å². The van der Waals surface area contributed by atoms with Crippen LogP contribution < -0.4 is 15.8 Å². The van der Waals surface area contributed by atoms with Crippen LogP contribution in [0.3, 0.4) is 0 Å². The summed E-state index contributed by atoms with van der Waals surface area (Å²) in [7, 11) is 0. The van der Waals surface area contributed by atoms with E-state index in [1.165, 1.54) is 6.42 Å². The molecule has 1 fully saturated rings. The van der Waals surface area contributed by atoms with Gasteiger partial charge in [-0.25, -0.2) is 0 Å². The van der Waals surface area contributed by atoms with Gasteiger partial charge in [0.25, 0.3) is 5.91 Å². The first-order chi connectivity index (χ1) is 12.7. The van der Waals surface area contributed by atoms with Gasteiger partial charge in [-0.1, -0.05) is 12.1 Å². The molecule has 1 amide bonds. The number of rotatable bonds is 7. The maximum absolute atomic E-state index is 12.3. The second-order valence-electron chi connectivity index (χ2n) is 6.51. The molecule has 1 aliphatic heterocycles. The van der Waals surface area contributed by atoms with Gasteiger partial charge in [0.15, 0.2) is 0 Å². The third kappa shape index (κ3) is 5.31. The third-order valence-corrected chi connectivity index (χ3v) is 4.47. The first kappa shape index (κ1) is 18.4. The van der Waals surface area contributed by atoms with Crippen LogP contribution in [-0.2, 0) is 11.2 Å². The highest BCUT2D eigenvalue weighted by atomic mass is 16.5. The lowest BCUT2D eigenvalue weighted by Crippen LogP contribution is -2.25. The van der Waals surface area contributed by atoms with Gasteiger partial charge in [0.05, 0.1) is 6.10 Å². The molecule has 2 aromatic carbocycles. The number of carbonyl (C=O) groups excluding carboxylic acids is 1. The zero-order valence-corrected chi connectivity index (χ0v) is 14.9. The van der Waals surface area contributed by atoms with Crippen molar-refractivity contribution in [1.29, 1.82) is 0 Å². The van der Waals surface area contributed by atoms with Crippen molar-refractivity contribution in [3.8, 4) is 5.75 Å². The standard InChI is InChI=1S/C21H26N2O3/c22-13-12-16-4-6-17(7-5-16)21(24)23-18-8-10-19(11-9-18)26-15-20-3-1-2-14-25-20/h4-11,20H,1-3,12-15,22H2,(H,23,24). The van der Waals surface area contributed by atoms with Crippen LogP contribution in [-0.4, -0.2) is 31.8 Å². The summed E-state index contributed by atoms with van der Waals surface area (Å²) in [5, 5.41) is 2.90. The lowest BCUT2D eigenvalue weighted by atomic mass is 10.1. The van der Waals surface area contributed by atoms with Crippen molar-refractivity contribution < 1.29 is 14.3 Å². The van der Waals surface area contributed by atoms with Crippen LogP contribution in [0, 0.1) is 0 Å². The molecule has 1 aliphatic rings. The normalized spacial score (nSPS) is 16.9. The lowest BCUT2D eigenvalue weighted by molar-refractivity contribution is -0.0110. The molecule has 0 saturated carbocycles. The SMILES string of the molecule is NCCc1ccc(C(=O)Nc2ccc(OCC3CCCCO3)cc2)cc1. The Hall–Kier alpha value is -2.37. The van der Waals surface area contributed by atoms with Crippen molar-refractivity contribution in [3.63, 3.8) is 0 Å². The van der Waals surface area contributed by atoms with Gasteiger partial charge in [-0.3, -0.25) is 4.79 Å². The van der Waals surface area contributed by atoms with E-state index in [4.69, 9.17) is 15.2 Å². The Balaban J connectivity index is 1.50. The van der Waals surface area contributed by atoms with Crippen LogP contribution in [0.15, 0.2) is 48.5 Å². The molecule has 3 N–H and O–H groups in total. The zero-order chi connectivity index (χ0) is 18.2. The molecule has 5 heteroatoms. The molecule has 1 saturated heterocycles. The van der Waals surface area contributed by atoms with Crippen LogP contribution >= 0.6 is 0 Å². The molecule has 3 rings (SSSR count). The summed E-state index contributed by atoms with van der Waals surface area (Å²) in [5.41, 5.74) is 8.04. The summed E-state index contributed by atoms with van der Waals surface area (Å²) in [4.78, 5) is 12.3.